The molecular formula is C24H17NO5. The fourth-order valence-corrected chi connectivity index (χ4v) is 3.56. The minimum absolute atomic E-state index is 0.0419. The van der Waals surface area contributed by atoms with E-state index < -0.39 is 11.5 Å². The van der Waals surface area contributed by atoms with Crippen LogP contribution in [0.15, 0.2) is 82.0 Å². The van der Waals surface area contributed by atoms with Gasteiger partial charge in [0.15, 0.2) is 11.5 Å². The van der Waals surface area contributed by atoms with Crippen molar-refractivity contribution in [2.24, 2.45) is 0 Å². The Balaban J connectivity index is 1.61. The number of nitrogens with one attached hydrogen (secondary N) is 1. The number of amides is 1. The molecule has 1 aliphatic heterocycles. The number of carbonyl (C=O) groups excluding carboxylic acids is 1. The minimum Gasteiger partial charge on any atom is -0.486 e. The average molecular weight is 399 g/mol. The van der Waals surface area contributed by atoms with E-state index in [2.05, 4.69) is 5.32 Å². The fraction of sp³-hybridized carbons (Fsp3) is 0.0833. The molecular weight excluding hydrogens is 382 g/mol. The van der Waals surface area contributed by atoms with Gasteiger partial charge >= 0.3 is 5.63 Å². The molecule has 6 heteroatoms. The van der Waals surface area contributed by atoms with Gasteiger partial charge in [-0.1, -0.05) is 48.5 Å². The molecule has 3 aromatic carbocycles. The van der Waals surface area contributed by atoms with Crippen LogP contribution in [0.2, 0.25) is 0 Å². The lowest BCUT2D eigenvalue weighted by Crippen LogP contribution is -2.18. The Kier molecular flexibility index (Phi) is 4.44. The van der Waals surface area contributed by atoms with Gasteiger partial charge < -0.3 is 19.2 Å². The standard InChI is InChI=1S/C24H17NO5/c26-23(25-16-10-11-19-20(14-16)29-13-12-28-19)22-21(15-6-2-1-3-7-15)17-8-4-5-9-18(17)24(27)30-22/h1-11,14H,12-13H2,(H,25,26). The SMILES string of the molecule is O=C(Nc1ccc2c(c1)OCCO2)c1oc(=O)c2ccccc2c1-c1ccccc1. The second kappa shape index (κ2) is 7.40. The maximum atomic E-state index is 13.2. The van der Waals surface area contributed by atoms with E-state index in [9.17, 15) is 9.59 Å². The number of carbonyl (C=O) groups is 1. The number of ether oxygens (including phenoxy) is 2. The van der Waals surface area contributed by atoms with E-state index >= 15 is 0 Å². The van der Waals surface area contributed by atoms with Gasteiger partial charge in [-0.2, -0.15) is 0 Å². The quantitative estimate of drug-likeness (QED) is 0.549. The summed E-state index contributed by atoms with van der Waals surface area (Å²) in [6.07, 6.45) is 0. The van der Waals surface area contributed by atoms with Crippen LogP contribution in [-0.2, 0) is 0 Å². The van der Waals surface area contributed by atoms with Gasteiger partial charge in [0.2, 0.25) is 5.76 Å². The molecule has 0 bridgehead atoms. The topological polar surface area (TPSA) is 77.8 Å². The second-order valence-corrected chi connectivity index (χ2v) is 6.82. The Hall–Kier alpha value is -4.06. The molecule has 0 aliphatic carbocycles. The Labute approximate surface area is 171 Å². The van der Waals surface area contributed by atoms with Gasteiger partial charge in [0.25, 0.3) is 5.91 Å². The fourth-order valence-electron chi connectivity index (χ4n) is 3.56. The molecule has 6 nitrogen and oxygen atoms in total. The zero-order valence-corrected chi connectivity index (χ0v) is 15.9. The summed E-state index contributed by atoms with van der Waals surface area (Å²) in [5, 5.41) is 3.89. The largest absolute Gasteiger partial charge is 0.486 e. The number of hydrogen-bond acceptors (Lipinski definition) is 5. The molecule has 1 N–H and O–H groups in total. The van der Waals surface area contributed by atoms with E-state index in [-0.39, 0.29) is 5.76 Å². The summed E-state index contributed by atoms with van der Waals surface area (Å²) in [6, 6.07) is 21.6. The van der Waals surface area contributed by atoms with Crippen molar-refractivity contribution in [3.05, 3.63) is 89.0 Å². The lowest BCUT2D eigenvalue weighted by Gasteiger charge is -2.19. The summed E-state index contributed by atoms with van der Waals surface area (Å²) < 4.78 is 16.6. The van der Waals surface area contributed by atoms with Crippen LogP contribution in [0, 0.1) is 0 Å². The average Bonchev–Trinajstić information content (AvgIpc) is 2.79. The lowest BCUT2D eigenvalue weighted by molar-refractivity contribution is 0.0994. The molecule has 0 fully saturated rings. The van der Waals surface area contributed by atoms with Gasteiger partial charge in [-0.05, 0) is 23.8 Å². The maximum absolute atomic E-state index is 13.2. The van der Waals surface area contributed by atoms with Crippen molar-refractivity contribution in [3.8, 4) is 22.6 Å². The first-order valence-corrected chi connectivity index (χ1v) is 9.53. The summed E-state index contributed by atoms with van der Waals surface area (Å²) in [7, 11) is 0. The third-order valence-electron chi connectivity index (χ3n) is 4.91. The second-order valence-electron chi connectivity index (χ2n) is 6.82. The van der Waals surface area contributed by atoms with E-state index in [1.165, 1.54) is 0 Å². The Morgan fingerprint density at radius 3 is 2.30 bits per heavy atom. The smallest absolute Gasteiger partial charge is 0.344 e. The summed E-state index contributed by atoms with van der Waals surface area (Å²) in [6.45, 7) is 0.934. The first-order valence-electron chi connectivity index (χ1n) is 9.53. The zero-order chi connectivity index (χ0) is 20.5. The highest BCUT2D eigenvalue weighted by Crippen LogP contribution is 2.34. The molecule has 0 spiro atoms. The number of anilines is 1. The molecule has 5 rings (SSSR count). The number of fused-ring (bicyclic) bond motifs is 2. The van der Waals surface area contributed by atoms with E-state index in [1.807, 2.05) is 42.5 Å². The molecule has 148 valence electrons. The van der Waals surface area contributed by atoms with Gasteiger partial charge in [-0.25, -0.2) is 4.79 Å². The Morgan fingerprint density at radius 1 is 0.800 bits per heavy atom. The molecule has 0 unspecified atom stereocenters. The van der Waals surface area contributed by atoms with Crippen LogP contribution < -0.4 is 20.4 Å². The predicted octanol–water partition coefficient (Wildman–Crippen LogP) is 4.48. The number of benzene rings is 3. The monoisotopic (exact) mass is 399 g/mol. The van der Waals surface area contributed by atoms with Crippen molar-refractivity contribution in [2.45, 2.75) is 0 Å². The molecule has 1 amide bonds. The molecule has 30 heavy (non-hydrogen) atoms. The van der Waals surface area contributed by atoms with Crippen LogP contribution in [0.5, 0.6) is 11.5 Å². The maximum Gasteiger partial charge on any atom is 0.344 e. The summed E-state index contributed by atoms with van der Waals surface area (Å²) in [5.41, 5.74) is 1.31. The van der Waals surface area contributed by atoms with Gasteiger partial charge in [0, 0.05) is 22.7 Å². The van der Waals surface area contributed by atoms with E-state index in [0.717, 1.165) is 5.56 Å². The highest BCUT2D eigenvalue weighted by molar-refractivity contribution is 6.11. The molecule has 0 atom stereocenters. The molecule has 0 saturated carbocycles. The van der Waals surface area contributed by atoms with E-state index in [4.69, 9.17) is 13.9 Å². The van der Waals surface area contributed by atoms with Gasteiger partial charge in [0.1, 0.15) is 13.2 Å². The Bertz CT molecular complexity index is 1310. The molecule has 0 radical (unpaired) electrons. The van der Waals surface area contributed by atoms with E-state index in [1.54, 1.807) is 30.3 Å². The van der Waals surface area contributed by atoms with Crippen molar-refractivity contribution < 1.29 is 18.7 Å². The normalized spacial score (nSPS) is 12.5. The Morgan fingerprint density at radius 2 is 1.50 bits per heavy atom. The van der Waals surface area contributed by atoms with Crippen molar-refractivity contribution in [2.75, 3.05) is 18.5 Å². The third-order valence-corrected chi connectivity index (χ3v) is 4.91. The van der Waals surface area contributed by atoms with Crippen molar-refractivity contribution >= 4 is 22.4 Å². The van der Waals surface area contributed by atoms with Crippen LogP contribution in [0.4, 0.5) is 5.69 Å². The summed E-state index contributed by atoms with van der Waals surface area (Å²) >= 11 is 0. The van der Waals surface area contributed by atoms with Crippen molar-refractivity contribution in [3.63, 3.8) is 0 Å². The van der Waals surface area contributed by atoms with Crippen LogP contribution >= 0.6 is 0 Å². The highest BCUT2D eigenvalue weighted by atomic mass is 16.6. The minimum atomic E-state index is -0.558. The van der Waals surface area contributed by atoms with Crippen LogP contribution in [0.1, 0.15) is 10.6 Å². The number of rotatable bonds is 3. The van der Waals surface area contributed by atoms with Crippen molar-refractivity contribution in [1.29, 1.82) is 0 Å². The lowest BCUT2D eigenvalue weighted by atomic mass is 9.98. The molecule has 1 aliphatic rings. The molecule has 2 heterocycles. The summed E-state index contributed by atoms with van der Waals surface area (Å²) in [4.78, 5) is 25.7. The molecule has 0 saturated heterocycles. The first-order chi connectivity index (χ1) is 14.7. The van der Waals surface area contributed by atoms with Gasteiger partial charge in [0.05, 0.1) is 5.39 Å². The van der Waals surface area contributed by atoms with Crippen LogP contribution in [0.3, 0.4) is 0 Å². The predicted molar refractivity (Wildman–Crippen MR) is 113 cm³/mol. The first kappa shape index (κ1) is 18.0. The molecule has 1 aromatic heterocycles. The van der Waals surface area contributed by atoms with Gasteiger partial charge in [-0.15, -0.1) is 0 Å². The van der Waals surface area contributed by atoms with Crippen molar-refractivity contribution in [1.82, 2.24) is 0 Å². The highest BCUT2D eigenvalue weighted by Gasteiger charge is 2.22. The number of hydrogen-bond donors (Lipinski definition) is 1. The zero-order valence-electron chi connectivity index (χ0n) is 15.9. The molecule has 4 aromatic rings. The van der Waals surface area contributed by atoms with Crippen LogP contribution in [0.25, 0.3) is 21.9 Å². The van der Waals surface area contributed by atoms with E-state index in [0.29, 0.717) is 46.7 Å². The van der Waals surface area contributed by atoms with Gasteiger partial charge in [-0.3, -0.25) is 4.79 Å². The summed E-state index contributed by atoms with van der Waals surface area (Å²) in [5.74, 6) is 0.622. The third kappa shape index (κ3) is 3.18. The van der Waals surface area contributed by atoms with Crippen LogP contribution in [-0.4, -0.2) is 19.1 Å².